The molecule has 4 heteroatoms. The Labute approximate surface area is 95.8 Å². The van der Waals surface area contributed by atoms with Gasteiger partial charge >= 0.3 is 0 Å². The van der Waals surface area contributed by atoms with Crippen molar-refractivity contribution in [2.75, 3.05) is 6.54 Å². The lowest BCUT2D eigenvalue weighted by Crippen LogP contribution is -2.03. The normalized spacial score (nSPS) is 11.2. The molecule has 3 N–H and O–H groups in total. The quantitative estimate of drug-likeness (QED) is 0.866. The molecule has 0 saturated carbocycles. The number of halogens is 2. The van der Waals surface area contributed by atoms with E-state index < -0.39 is 0 Å². The largest absolute Gasteiger partial charge is 0.358 e. The molecule has 0 aliphatic heterocycles. The third-order valence-electron chi connectivity index (χ3n) is 2.55. The maximum absolute atomic E-state index is 13.4. The molecule has 0 radical (unpaired) electrons. The molecule has 0 atom stereocenters. The van der Waals surface area contributed by atoms with Crippen molar-refractivity contribution in [1.29, 1.82) is 0 Å². The van der Waals surface area contributed by atoms with Crippen LogP contribution in [0.1, 0.15) is 11.3 Å². The first-order valence-electron chi connectivity index (χ1n) is 4.79. The van der Waals surface area contributed by atoms with Crippen LogP contribution in [-0.4, -0.2) is 11.5 Å². The Morgan fingerprint density at radius 1 is 1.47 bits per heavy atom. The summed E-state index contributed by atoms with van der Waals surface area (Å²) in [5, 5.41) is 0.929. The smallest absolute Gasteiger partial charge is 0.138 e. The third-order valence-corrected chi connectivity index (χ3v) is 3.16. The lowest BCUT2D eigenvalue weighted by Gasteiger charge is -1.99. The van der Waals surface area contributed by atoms with Gasteiger partial charge < -0.3 is 10.7 Å². The van der Waals surface area contributed by atoms with Crippen molar-refractivity contribution in [3.05, 3.63) is 33.7 Å². The van der Waals surface area contributed by atoms with Crippen LogP contribution in [0.5, 0.6) is 0 Å². The number of benzene rings is 1. The molecule has 1 heterocycles. The van der Waals surface area contributed by atoms with Crippen molar-refractivity contribution < 1.29 is 4.39 Å². The van der Waals surface area contributed by atoms with Crippen LogP contribution in [0.4, 0.5) is 4.39 Å². The van der Waals surface area contributed by atoms with Crippen molar-refractivity contribution in [3.63, 3.8) is 0 Å². The lowest BCUT2D eigenvalue weighted by atomic mass is 10.1. The molecule has 0 aliphatic rings. The number of aromatic amines is 1. The van der Waals surface area contributed by atoms with Gasteiger partial charge in [-0.15, -0.1) is 0 Å². The van der Waals surface area contributed by atoms with Gasteiger partial charge in [-0.25, -0.2) is 4.39 Å². The third kappa shape index (κ3) is 1.79. The number of nitrogens with two attached hydrogens (primary N) is 1. The number of rotatable bonds is 2. The summed E-state index contributed by atoms with van der Waals surface area (Å²) in [4.78, 5) is 3.23. The van der Waals surface area contributed by atoms with E-state index in [9.17, 15) is 4.39 Å². The fraction of sp³-hybridized carbons (Fsp3) is 0.273. The van der Waals surface area contributed by atoms with E-state index in [2.05, 4.69) is 20.9 Å². The van der Waals surface area contributed by atoms with E-state index in [1.807, 2.05) is 6.92 Å². The molecular formula is C11H12BrFN2. The Kier molecular flexibility index (Phi) is 2.80. The van der Waals surface area contributed by atoms with Gasteiger partial charge in [-0.1, -0.05) is 0 Å². The molecule has 15 heavy (non-hydrogen) atoms. The van der Waals surface area contributed by atoms with Gasteiger partial charge in [0, 0.05) is 16.6 Å². The number of aryl methyl sites for hydroxylation is 1. The Hall–Kier alpha value is -0.870. The topological polar surface area (TPSA) is 41.8 Å². The summed E-state index contributed by atoms with van der Waals surface area (Å²) < 4.78 is 13.9. The summed E-state index contributed by atoms with van der Waals surface area (Å²) in [6.07, 6.45) is 0.771. The van der Waals surface area contributed by atoms with Crippen LogP contribution >= 0.6 is 15.9 Å². The molecule has 1 aromatic carbocycles. The molecule has 80 valence electrons. The number of hydrogen-bond donors (Lipinski definition) is 2. The molecule has 0 unspecified atom stereocenters. The molecule has 0 spiro atoms. The van der Waals surface area contributed by atoms with E-state index in [0.717, 1.165) is 28.6 Å². The predicted octanol–water partition coefficient (Wildman–Crippen LogP) is 2.88. The van der Waals surface area contributed by atoms with Crippen molar-refractivity contribution >= 4 is 26.8 Å². The molecule has 1 aromatic heterocycles. The van der Waals surface area contributed by atoms with Crippen LogP contribution in [0.3, 0.4) is 0 Å². The van der Waals surface area contributed by atoms with Gasteiger partial charge in [-0.05, 0) is 53.5 Å². The number of fused-ring (bicyclic) bond motifs is 1. The van der Waals surface area contributed by atoms with Gasteiger partial charge in [0.2, 0.25) is 0 Å². The van der Waals surface area contributed by atoms with Crippen molar-refractivity contribution in [2.24, 2.45) is 5.73 Å². The highest BCUT2D eigenvalue weighted by molar-refractivity contribution is 9.10. The molecule has 2 nitrogen and oxygen atoms in total. The highest BCUT2D eigenvalue weighted by Crippen LogP contribution is 2.27. The first-order valence-corrected chi connectivity index (χ1v) is 5.59. The summed E-state index contributed by atoms with van der Waals surface area (Å²) in [6, 6.07) is 3.31. The van der Waals surface area contributed by atoms with Crippen molar-refractivity contribution in [2.45, 2.75) is 13.3 Å². The highest BCUT2D eigenvalue weighted by atomic mass is 79.9. The molecule has 2 rings (SSSR count). The molecular weight excluding hydrogens is 259 g/mol. The highest BCUT2D eigenvalue weighted by Gasteiger charge is 2.10. The van der Waals surface area contributed by atoms with Crippen LogP contribution in [0.2, 0.25) is 0 Å². The molecule has 0 fully saturated rings. The molecule has 2 aromatic rings. The standard InChI is InChI=1S/C11H12BrFN2/c1-6-7(2-3-14)8-4-10(13)9(12)5-11(8)15-6/h4-5,15H,2-3,14H2,1H3. The van der Waals surface area contributed by atoms with E-state index >= 15 is 0 Å². The zero-order valence-electron chi connectivity index (χ0n) is 8.40. The number of H-pyrrole nitrogens is 1. The maximum atomic E-state index is 13.4. The van der Waals surface area contributed by atoms with Gasteiger partial charge in [-0.3, -0.25) is 0 Å². The zero-order chi connectivity index (χ0) is 11.0. The van der Waals surface area contributed by atoms with Crippen LogP contribution < -0.4 is 5.73 Å². The van der Waals surface area contributed by atoms with Gasteiger partial charge in [0.05, 0.1) is 4.47 Å². The van der Waals surface area contributed by atoms with Crippen molar-refractivity contribution in [3.8, 4) is 0 Å². The fourth-order valence-electron chi connectivity index (χ4n) is 1.85. The number of aromatic nitrogens is 1. The van der Waals surface area contributed by atoms with Gasteiger partial charge in [-0.2, -0.15) is 0 Å². The average molecular weight is 271 g/mol. The summed E-state index contributed by atoms with van der Waals surface area (Å²) >= 11 is 3.17. The van der Waals surface area contributed by atoms with E-state index in [0.29, 0.717) is 11.0 Å². The van der Waals surface area contributed by atoms with E-state index in [1.54, 1.807) is 12.1 Å². The maximum Gasteiger partial charge on any atom is 0.138 e. The lowest BCUT2D eigenvalue weighted by molar-refractivity contribution is 0.623. The van der Waals surface area contributed by atoms with Gasteiger partial charge in [0.15, 0.2) is 0 Å². The minimum absolute atomic E-state index is 0.236. The first kappa shape index (κ1) is 10.6. The molecule has 0 saturated heterocycles. The van der Waals surface area contributed by atoms with Crippen LogP contribution in [0.25, 0.3) is 10.9 Å². The van der Waals surface area contributed by atoms with Gasteiger partial charge in [0.25, 0.3) is 0 Å². The molecule has 0 bridgehead atoms. The Bertz CT molecular complexity index is 505. The second-order valence-electron chi connectivity index (χ2n) is 3.58. The predicted molar refractivity (Wildman–Crippen MR) is 63.5 cm³/mol. The number of hydrogen-bond acceptors (Lipinski definition) is 1. The minimum Gasteiger partial charge on any atom is -0.358 e. The van der Waals surface area contributed by atoms with E-state index in [-0.39, 0.29) is 5.82 Å². The molecule has 0 aliphatic carbocycles. The Balaban J connectivity index is 2.70. The summed E-state index contributed by atoms with van der Waals surface area (Å²) in [5.41, 5.74) is 8.65. The van der Waals surface area contributed by atoms with Crippen LogP contribution in [0.15, 0.2) is 16.6 Å². The second kappa shape index (κ2) is 3.94. The molecule has 0 amide bonds. The minimum atomic E-state index is -0.236. The van der Waals surface area contributed by atoms with E-state index in [1.165, 1.54) is 0 Å². The SMILES string of the molecule is Cc1[nH]c2cc(Br)c(F)cc2c1CCN. The first-order chi connectivity index (χ1) is 7.13. The Morgan fingerprint density at radius 2 is 2.20 bits per heavy atom. The summed E-state index contributed by atoms with van der Waals surface area (Å²) in [6.45, 7) is 2.56. The van der Waals surface area contributed by atoms with E-state index in [4.69, 9.17) is 5.73 Å². The summed E-state index contributed by atoms with van der Waals surface area (Å²) in [5.74, 6) is -0.236. The number of nitrogens with one attached hydrogen (secondary N) is 1. The fourth-order valence-corrected chi connectivity index (χ4v) is 2.19. The Morgan fingerprint density at radius 3 is 2.87 bits per heavy atom. The average Bonchev–Trinajstić information content (AvgIpc) is 2.46. The van der Waals surface area contributed by atoms with Crippen LogP contribution in [-0.2, 0) is 6.42 Å². The van der Waals surface area contributed by atoms with Gasteiger partial charge in [0.1, 0.15) is 5.82 Å². The van der Waals surface area contributed by atoms with Crippen LogP contribution in [0, 0.1) is 12.7 Å². The monoisotopic (exact) mass is 270 g/mol. The zero-order valence-corrected chi connectivity index (χ0v) is 9.99. The van der Waals surface area contributed by atoms with Crippen molar-refractivity contribution in [1.82, 2.24) is 4.98 Å². The summed E-state index contributed by atoms with van der Waals surface area (Å²) in [7, 11) is 0. The second-order valence-corrected chi connectivity index (χ2v) is 4.43.